The van der Waals surface area contributed by atoms with E-state index in [1.165, 1.54) is 11.8 Å². The Labute approximate surface area is 139 Å². The van der Waals surface area contributed by atoms with E-state index >= 15 is 0 Å². The van der Waals surface area contributed by atoms with Crippen molar-refractivity contribution in [1.82, 2.24) is 10.6 Å². The van der Waals surface area contributed by atoms with Gasteiger partial charge in [0.2, 0.25) is 11.8 Å². The number of carbonyl (C=O) groups is 2. The molecule has 0 radical (unpaired) electrons. The zero-order valence-corrected chi connectivity index (χ0v) is 14.2. The maximum Gasteiger partial charge on any atom is 0.244 e. The van der Waals surface area contributed by atoms with Crippen molar-refractivity contribution in [3.8, 4) is 0 Å². The maximum atomic E-state index is 12.5. The molecule has 2 aliphatic rings. The summed E-state index contributed by atoms with van der Waals surface area (Å²) in [7, 11) is 0. The van der Waals surface area contributed by atoms with Crippen LogP contribution in [0.15, 0.2) is 24.3 Å². The van der Waals surface area contributed by atoms with Gasteiger partial charge in [0.1, 0.15) is 6.04 Å². The average molecular weight is 339 g/mol. The highest BCUT2D eigenvalue weighted by atomic mass is 35.5. The number of nitrogens with one attached hydrogen (secondary N) is 2. The number of thioether (sulfide) groups is 1. The summed E-state index contributed by atoms with van der Waals surface area (Å²) >= 11 is 7.43. The number of hydrogen-bond acceptors (Lipinski definition) is 3. The first-order chi connectivity index (χ1) is 10.3. The molecule has 1 aliphatic carbocycles. The molecule has 4 nitrogen and oxygen atoms in total. The van der Waals surface area contributed by atoms with Crippen molar-refractivity contribution in [2.24, 2.45) is 0 Å². The van der Waals surface area contributed by atoms with Gasteiger partial charge in [-0.25, -0.2) is 0 Å². The highest BCUT2D eigenvalue weighted by Gasteiger charge is 2.47. The summed E-state index contributed by atoms with van der Waals surface area (Å²) in [6.45, 7) is 3.74. The van der Waals surface area contributed by atoms with Gasteiger partial charge in [-0.15, -0.1) is 11.8 Å². The lowest BCUT2D eigenvalue weighted by Gasteiger charge is -2.33. The number of rotatable bonds is 3. The molecule has 1 heterocycles. The predicted octanol–water partition coefficient (Wildman–Crippen LogP) is 2.46. The van der Waals surface area contributed by atoms with Gasteiger partial charge in [-0.1, -0.05) is 23.7 Å². The van der Waals surface area contributed by atoms with Crippen LogP contribution in [0.1, 0.15) is 32.3 Å². The summed E-state index contributed by atoms with van der Waals surface area (Å²) in [5, 5.41) is 6.62. The smallest absolute Gasteiger partial charge is 0.244 e. The molecule has 3 rings (SSSR count). The van der Waals surface area contributed by atoms with Crippen molar-refractivity contribution in [3.63, 3.8) is 0 Å². The summed E-state index contributed by atoms with van der Waals surface area (Å²) in [4.78, 5) is 24.5. The minimum atomic E-state index is -0.468. The molecule has 0 aromatic heterocycles. The lowest BCUT2D eigenvalue weighted by atomic mass is 10.0. The van der Waals surface area contributed by atoms with Gasteiger partial charge < -0.3 is 10.6 Å². The molecule has 0 bridgehead atoms. The predicted molar refractivity (Wildman–Crippen MR) is 89.0 cm³/mol. The second-order valence-electron chi connectivity index (χ2n) is 6.43. The van der Waals surface area contributed by atoms with Gasteiger partial charge in [0.25, 0.3) is 0 Å². The SMILES string of the molecule is CC1(C)SC[C@H](C(=O)NC2(c3ccc(Cl)cc3)CC2)NC1=O. The number of hydrogen-bond donors (Lipinski definition) is 2. The molecule has 0 unspecified atom stereocenters. The van der Waals surface area contributed by atoms with Crippen molar-refractivity contribution in [3.05, 3.63) is 34.9 Å². The molecule has 1 aliphatic heterocycles. The highest BCUT2D eigenvalue weighted by Crippen LogP contribution is 2.45. The monoisotopic (exact) mass is 338 g/mol. The Bertz CT molecular complexity index is 611. The molecule has 2 N–H and O–H groups in total. The Kier molecular flexibility index (Phi) is 3.89. The fourth-order valence-electron chi connectivity index (χ4n) is 2.57. The van der Waals surface area contributed by atoms with Gasteiger partial charge in [0.15, 0.2) is 0 Å². The minimum Gasteiger partial charge on any atom is -0.345 e. The Morgan fingerprint density at radius 3 is 2.50 bits per heavy atom. The number of halogens is 1. The van der Waals surface area contributed by atoms with Crippen LogP contribution in [0.25, 0.3) is 0 Å². The summed E-state index contributed by atoms with van der Waals surface area (Å²) in [6, 6.07) is 7.11. The van der Waals surface area contributed by atoms with E-state index < -0.39 is 10.8 Å². The highest BCUT2D eigenvalue weighted by molar-refractivity contribution is 8.01. The second kappa shape index (κ2) is 5.46. The zero-order valence-electron chi connectivity index (χ0n) is 12.6. The van der Waals surface area contributed by atoms with Crippen LogP contribution < -0.4 is 10.6 Å². The Balaban J connectivity index is 1.67. The van der Waals surface area contributed by atoms with E-state index in [0.717, 1.165) is 18.4 Å². The number of benzene rings is 1. The number of carbonyl (C=O) groups excluding carboxylic acids is 2. The van der Waals surface area contributed by atoms with Crippen LogP contribution in [0.3, 0.4) is 0 Å². The summed E-state index contributed by atoms with van der Waals surface area (Å²) in [5.74, 6) is 0.408. The largest absolute Gasteiger partial charge is 0.345 e. The molecule has 1 aromatic carbocycles. The van der Waals surface area contributed by atoms with E-state index in [9.17, 15) is 9.59 Å². The van der Waals surface area contributed by atoms with Crippen LogP contribution >= 0.6 is 23.4 Å². The van der Waals surface area contributed by atoms with Crippen LogP contribution in [0.5, 0.6) is 0 Å². The molecule has 1 atom stereocenters. The van der Waals surface area contributed by atoms with Gasteiger partial charge >= 0.3 is 0 Å². The normalized spacial score (nSPS) is 25.2. The molecule has 0 spiro atoms. The van der Waals surface area contributed by atoms with Crippen LogP contribution in [0, 0.1) is 0 Å². The Morgan fingerprint density at radius 1 is 1.32 bits per heavy atom. The van der Waals surface area contributed by atoms with Crippen LogP contribution in [-0.2, 0) is 15.1 Å². The molecule has 1 aromatic rings. The van der Waals surface area contributed by atoms with Crippen molar-refractivity contribution < 1.29 is 9.59 Å². The number of amides is 2. The fourth-order valence-corrected chi connectivity index (χ4v) is 3.71. The van der Waals surface area contributed by atoms with Crippen molar-refractivity contribution in [1.29, 1.82) is 0 Å². The standard InChI is InChI=1S/C16H19ClN2O2S/c1-15(2)14(21)18-12(9-22-15)13(20)19-16(7-8-16)10-3-5-11(17)6-4-10/h3-6,12H,7-9H2,1-2H3,(H,18,21)(H,19,20)/t12-/m1/s1. The Hall–Kier alpha value is -1.20. The first-order valence-electron chi connectivity index (χ1n) is 7.35. The van der Waals surface area contributed by atoms with Crippen molar-refractivity contribution in [2.75, 3.05) is 5.75 Å². The van der Waals surface area contributed by atoms with Gasteiger partial charge in [-0.3, -0.25) is 9.59 Å². The molecule has 2 amide bonds. The van der Waals surface area contributed by atoms with E-state index in [-0.39, 0.29) is 17.4 Å². The third-order valence-corrected chi connectivity index (χ3v) is 5.95. The van der Waals surface area contributed by atoms with Crippen molar-refractivity contribution in [2.45, 2.75) is 43.0 Å². The molecule has 118 valence electrons. The van der Waals surface area contributed by atoms with Gasteiger partial charge in [-0.2, -0.15) is 0 Å². The van der Waals surface area contributed by atoms with Gasteiger partial charge in [0.05, 0.1) is 10.3 Å². The second-order valence-corrected chi connectivity index (χ2v) is 8.50. The maximum absolute atomic E-state index is 12.5. The van der Waals surface area contributed by atoms with Gasteiger partial charge in [-0.05, 0) is 44.4 Å². The molecule has 22 heavy (non-hydrogen) atoms. The molecule has 6 heteroatoms. The molecule has 2 fully saturated rings. The first kappa shape index (κ1) is 15.7. The van der Waals surface area contributed by atoms with Crippen LogP contribution in [0.2, 0.25) is 5.02 Å². The lowest BCUT2D eigenvalue weighted by molar-refractivity contribution is -0.130. The van der Waals surface area contributed by atoms with E-state index in [2.05, 4.69) is 10.6 Å². The van der Waals surface area contributed by atoms with E-state index in [0.29, 0.717) is 10.8 Å². The molecule has 1 saturated heterocycles. The average Bonchev–Trinajstić information content (AvgIpc) is 3.23. The van der Waals surface area contributed by atoms with E-state index in [4.69, 9.17) is 11.6 Å². The summed E-state index contributed by atoms with van der Waals surface area (Å²) < 4.78 is -0.468. The minimum absolute atomic E-state index is 0.0831. The third-order valence-electron chi connectivity index (χ3n) is 4.29. The lowest BCUT2D eigenvalue weighted by Crippen LogP contribution is -2.58. The van der Waals surface area contributed by atoms with Crippen molar-refractivity contribution >= 4 is 35.2 Å². The van der Waals surface area contributed by atoms with E-state index in [1.807, 2.05) is 38.1 Å². The van der Waals surface area contributed by atoms with Crippen LogP contribution in [0.4, 0.5) is 0 Å². The quantitative estimate of drug-likeness (QED) is 0.890. The Morgan fingerprint density at radius 2 is 1.95 bits per heavy atom. The molecular weight excluding hydrogens is 320 g/mol. The first-order valence-corrected chi connectivity index (χ1v) is 8.72. The van der Waals surface area contributed by atoms with E-state index in [1.54, 1.807) is 0 Å². The third kappa shape index (κ3) is 2.97. The van der Waals surface area contributed by atoms with Crippen LogP contribution in [-0.4, -0.2) is 28.4 Å². The fraction of sp³-hybridized carbons (Fsp3) is 0.500. The molecular formula is C16H19ClN2O2S. The summed E-state index contributed by atoms with van der Waals surface area (Å²) in [6.07, 6.45) is 1.83. The summed E-state index contributed by atoms with van der Waals surface area (Å²) in [5.41, 5.74) is 0.782. The zero-order chi connectivity index (χ0) is 16.0. The topological polar surface area (TPSA) is 58.2 Å². The van der Waals surface area contributed by atoms with Gasteiger partial charge in [0, 0.05) is 10.8 Å². The molecule has 1 saturated carbocycles.